The smallest absolute Gasteiger partial charge is 0.135 e. The van der Waals surface area contributed by atoms with Crippen molar-refractivity contribution in [3.63, 3.8) is 0 Å². The summed E-state index contributed by atoms with van der Waals surface area (Å²) < 4.78 is 0. The normalized spacial score (nSPS) is 11.4. The zero-order valence-corrected chi connectivity index (χ0v) is 5.23. The maximum Gasteiger partial charge on any atom is 0.135 e. The van der Waals surface area contributed by atoms with Crippen molar-refractivity contribution >= 4 is 0 Å². The number of hydrogen-bond acceptors (Lipinski definition) is 1. The van der Waals surface area contributed by atoms with Crippen LogP contribution in [-0.2, 0) is 0 Å². The highest BCUT2D eigenvalue weighted by atomic mass is 16.3. The molecule has 0 aliphatic carbocycles. The third-order valence-electron chi connectivity index (χ3n) is 0.748. The molecule has 0 bridgehead atoms. The number of rotatable bonds is 1. The molecule has 0 radical (unpaired) electrons. The average molecular weight is 110 g/mol. The first-order valence-corrected chi connectivity index (χ1v) is 2.44. The fraction of sp³-hybridized carbons (Fsp3) is 0.429. The third-order valence-corrected chi connectivity index (χ3v) is 0.748. The first-order valence-electron chi connectivity index (χ1n) is 2.44. The zero-order chi connectivity index (χ0) is 6.57. The van der Waals surface area contributed by atoms with Crippen LogP contribution in [0.2, 0.25) is 0 Å². The molecule has 44 valence electrons. The minimum absolute atomic E-state index is 0.639. The molecule has 0 aromatic heterocycles. The Balaban J connectivity index is 3.77. The van der Waals surface area contributed by atoms with Gasteiger partial charge in [-0.05, 0) is 19.4 Å². The van der Waals surface area contributed by atoms with Crippen molar-refractivity contribution in [2.75, 3.05) is 0 Å². The van der Waals surface area contributed by atoms with Crippen LogP contribution in [-0.4, -0.2) is 11.2 Å². The van der Waals surface area contributed by atoms with E-state index in [2.05, 4.69) is 18.4 Å². The predicted octanol–water partition coefficient (Wildman–Crippen LogP) is 0.947. The Bertz CT molecular complexity index is 136. The lowest BCUT2D eigenvalue weighted by atomic mass is 10.2. The van der Waals surface area contributed by atoms with Gasteiger partial charge < -0.3 is 5.11 Å². The molecule has 0 aliphatic heterocycles. The van der Waals surface area contributed by atoms with Crippen molar-refractivity contribution in [2.24, 2.45) is 0 Å². The summed E-state index contributed by atoms with van der Waals surface area (Å²) in [5.41, 5.74) is 0.694. The van der Waals surface area contributed by atoms with E-state index in [9.17, 15) is 0 Å². The van der Waals surface area contributed by atoms with Gasteiger partial charge in [-0.2, -0.15) is 0 Å². The van der Waals surface area contributed by atoms with Gasteiger partial charge in [0.1, 0.15) is 6.10 Å². The van der Waals surface area contributed by atoms with Crippen molar-refractivity contribution in [3.8, 4) is 11.8 Å². The number of aliphatic hydroxyl groups excluding tert-OH is 1. The van der Waals surface area contributed by atoms with Crippen molar-refractivity contribution < 1.29 is 5.11 Å². The molecule has 0 amide bonds. The number of hydrogen-bond donors (Lipinski definition) is 1. The second-order valence-corrected chi connectivity index (χ2v) is 1.64. The van der Waals surface area contributed by atoms with Crippen molar-refractivity contribution in [3.05, 3.63) is 12.2 Å². The van der Waals surface area contributed by atoms with Crippen molar-refractivity contribution in [1.82, 2.24) is 0 Å². The first kappa shape index (κ1) is 7.26. The summed E-state index contributed by atoms with van der Waals surface area (Å²) in [6.45, 7) is 6.95. The van der Waals surface area contributed by atoms with Gasteiger partial charge in [-0.15, -0.1) is 5.92 Å². The SMILES string of the molecule is C=C(C)C(O)C#CC. The Labute approximate surface area is 50.0 Å². The molecule has 8 heavy (non-hydrogen) atoms. The molecule has 0 fully saturated rings. The van der Waals surface area contributed by atoms with Gasteiger partial charge in [-0.1, -0.05) is 12.5 Å². The standard InChI is InChI=1S/C7H10O/c1-4-5-7(8)6(2)3/h7-8H,2H2,1,3H3. The topological polar surface area (TPSA) is 20.2 Å². The van der Waals surface area contributed by atoms with Gasteiger partial charge in [0.15, 0.2) is 0 Å². The Kier molecular flexibility index (Phi) is 2.98. The van der Waals surface area contributed by atoms with Gasteiger partial charge in [-0.25, -0.2) is 0 Å². The molecule has 0 aliphatic rings. The van der Waals surface area contributed by atoms with E-state index < -0.39 is 6.10 Å². The first-order chi connectivity index (χ1) is 3.68. The van der Waals surface area contributed by atoms with Gasteiger partial charge in [0, 0.05) is 0 Å². The average Bonchev–Trinajstić information content (AvgIpc) is 1.67. The molecule has 1 unspecified atom stereocenters. The molecular weight excluding hydrogens is 100 g/mol. The van der Waals surface area contributed by atoms with Crippen LogP contribution in [0.3, 0.4) is 0 Å². The highest BCUT2D eigenvalue weighted by molar-refractivity contribution is 5.15. The summed E-state index contributed by atoms with van der Waals surface area (Å²) >= 11 is 0. The Hall–Kier alpha value is -0.740. The molecule has 0 saturated heterocycles. The van der Waals surface area contributed by atoms with Gasteiger partial charge >= 0.3 is 0 Å². The molecule has 0 spiro atoms. The predicted molar refractivity (Wildman–Crippen MR) is 34.3 cm³/mol. The van der Waals surface area contributed by atoms with Crippen LogP contribution in [0.1, 0.15) is 13.8 Å². The van der Waals surface area contributed by atoms with Crippen LogP contribution in [0.4, 0.5) is 0 Å². The summed E-state index contributed by atoms with van der Waals surface area (Å²) in [6.07, 6.45) is -0.639. The largest absolute Gasteiger partial charge is 0.376 e. The van der Waals surface area contributed by atoms with Crippen LogP contribution < -0.4 is 0 Å². The van der Waals surface area contributed by atoms with E-state index >= 15 is 0 Å². The second kappa shape index (κ2) is 3.29. The summed E-state index contributed by atoms with van der Waals surface area (Å²) in [5, 5.41) is 8.85. The van der Waals surface area contributed by atoms with Crippen molar-refractivity contribution in [2.45, 2.75) is 20.0 Å². The summed E-state index contributed by atoms with van der Waals surface area (Å²) in [6, 6.07) is 0. The highest BCUT2D eigenvalue weighted by Crippen LogP contribution is 1.93. The van der Waals surface area contributed by atoms with E-state index in [1.54, 1.807) is 13.8 Å². The lowest BCUT2D eigenvalue weighted by Crippen LogP contribution is -2.01. The quantitative estimate of drug-likeness (QED) is 0.393. The minimum atomic E-state index is -0.639. The Morgan fingerprint density at radius 1 is 1.75 bits per heavy atom. The summed E-state index contributed by atoms with van der Waals surface area (Å²) in [7, 11) is 0. The van der Waals surface area contributed by atoms with Gasteiger partial charge in [-0.3, -0.25) is 0 Å². The lowest BCUT2D eigenvalue weighted by molar-refractivity contribution is 0.269. The van der Waals surface area contributed by atoms with Crippen LogP contribution in [0.25, 0.3) is 0 Å². The zero-order valence-electron chi connectivity index (χ0n) is 5.23. The van der Waals surface area contributed by atoms with E-state index in [-0.39, 0.29) is 0 Å². The lowest BCUT2D eigenvalue weighted by Gasteiger charge is -1.97. The molecule has 1 atom stereocenters. The van der Waals surface area contributed by atoms with Crippen LogP contribution in [0, 0.1) is 11.8 Å². The van der Waals surface area contributed by atoms with Crippen LogP contribution >= 0.6 is 0 Å². The summed E-state index contributed by atoms with van der Waals surface area (Å²) in [4.78, 5) is 0. The monoisotopic (exact) mass is 110 g/mol. The number of aliphatic hydroxyl groups is 1. The molecule has 0 saturated carbocycles. The van der Waals surface area contributed by atoms with Crippen LogP contribution in [0.15, 0.2) is 12.2 Å². The maximum absolute atomic E-state index is 8.85. The Morgan fingerprint density at radius 2 is 2.25 bits per heavy atom. The van der Waals surface area contributed by atoms with E-state index in [0.29, 0.717) is 5.57 Å². The Morgan fingerprint density at radius 3 is 2.38 bits per heavy atom. The molecule has 0 rings (SSSR count). The van der Waals surface area contributed by atoms with E-state index in [0.717, 1.165) is 0 Å². The molecule has 0 aromatic rings. The van der Waals surface area contributed by atoms with Crippen molar-refractivity contribution in [1.29, 1.82) is 0 Å². The second-order valence-electron chi connectivity index (χ2n) is 1.64. The van der Waals surface area contributed by atoms with Gasteiger partial charge in [0.25, 0.3) is 0 Å². The fourth-order valence-electron chi connectivity index (χ4n) is 0.260. The molecule has 1 N–H and O–H groups in total. The molecule has 0 aromatic carbocycles. The molecule has 1 heteroatoms. The van der Waals surface area contributed by atoms with E-state index in [1.165, 1.54) is 0 Å². The maximum atomic E-state index is 8.85. The van der Waals surface area contributed by atoms with Crippen LogP contribution in [0.5, 0.6) is 0 Å². The minimum Gasteiger partial charge on any atom is -0.376 e. The summed E-state index contributed by atoms with van der Waals surface area (Å²) in [5.74, 6) is 5.14. The van der Waals surface area contributed by atoms with E-state index in [4.69, 9.17) is 5.11 Å². The van der Waals surface area contributed by atoms with Gasteiger partial charge in [0.2, 0.25) is 0 Å². The highest BCUT2D eigenvalue weighted by Gasteiger charge is 1.94. The molecule has 0 heterocycles. The third kappa shape index (κ3) is 2.44. The fourth-order valence-corrected chi connectivity index (χ4v) is 0.260. The van der Waals surface area contributed by atoms with E-state index in [1.807, 2.05) is 0 Å². The molecule has 1 nitrogen and oxygen atoms in total. The molecular formula is C7H10O. The van der Waals surface area contributed by atoms with Gasteiger partial charge in [0.05, 0.1) is 0 Å².